The van der Waals surface area contributed by atoms with Crippen molar-refractivity contribution in [2.24, 2.45) is 0 Å². The van der Waals surface area contributed by atoms with Crippen molar-refractivity contribution in [2.45, 2.75) is 13.3 Å². The molecule has 0 fully saturated rings. The highest BCUT2D eigenvalue weighted by Crippen LogP contribution is 2.15. The summed E-state index contributed by atoms with van der Waals surface area (Å²) in [5, 5.41) is 14.5. The summed E-state index contributed by atoms with van der Waals surface area (Å²) in [6, 6.07) is 14.3. The van der Waals surface area contributed by atoms with Crippen molar-refractivity contribution < 1.29 is 12.9 Å². The molecule has 0 unspecified atom stereocenters. The van der Waals surface area contributed by atoms with Crippen molar-refractivity contribution in [1.82, 2.24) is 15.4 Å². The molecule has 0 radical (unpaired) electrons. The van der Waals surface area contributed by atoms with E-state index in [9.17, 15) is 8.42 Å². The van der Waals surface area contributed by atoms with Crippen molar-refractivity contribution in [2.75, 3.05) is 15.8 Å². The lowest BCUT2D eigenvalue weighted by atomic mass is 10.2. The molecule has 0 aliphatic carbocycles. The first-order valence-corrected chi connectivity index (χ1v) is 9.24. The summed E-state index contributed by atoms with van der Waals surface area (Å²) in [5.74, 6) is 1.73. The third-order valence-electron chi connectivity index (χ3n) is 3.31. The second-order valence-electron chi connectivity index (χ2n) is 5.41. The van der Waals surface area contributed by atoms with Gasteiger partial charge in [-0.2, -0.15) is 0 Å². The van der Waals surface area contributed by atoms with Crippen LogP contribution in [0, 0.1) is 6.92 Å². The number of aryl methyl sites for hydroxylation is 2. The van der Waals surface area contributed by atoms with Crippen LogP contribution in [0.25, 0.3) is 0 Å². The largest absolute Gasteiger partial charge is 0.360 e. The maximum Gasteiger partial charge on any atom is 0.234 e. The maximum atomic E-state index is 12.1. The van der Waals surface area contributed by atoms with Crippen molar-refractivity contribution >= 4 is 27.5 Å². The number of sulfonamides is 1. The number of nitrogens with zero attached hydrogens (tertiary/aromatic N) is 3. The van der Waals surface area contributed by atoms with Gasteiger partial charge in [0.2, 0.25) is 10.0 Å². The van der Waals surface area contributed by atoms with Crippen molar-refractivity contribution in [3.05, 3.63) is 59.9 Å². The van der Waals surface area contributed by atoms with Gasteiger partial charge >= 0.3 is 0 Å². The first-order valence-electron chi connectivity index (χ1n) is 7.59. The Morgan fingerprint density at radius 1 is 1.00 bits per heavy atom. The fraction of sp³-hybridized carbons (Fsp3) is 0.188. The van der Waals surface area contributed by atoms with Gasteiger partial charge in [-0.1, -0.05) is 35.5 Å². The van der Waals surface area contributed by atoms with E-state index < -0.39 is 10.0 Å². The fourth-order valence-corrected chi connectivity index (χ4v) is 3.15. The third kappa shape index (κ3) is 5.01. The number of aromatic nitrogens is 3. The van der Waals surface area contributed by atoms with Crippen LogP contribution in [0.1, 0.15) is 11.3 Å². The molecule has 0 aliphatic rings. The summed E-state index contributed by atoms with van der Waals surface area (Å²) in [4.78, 5) is 0. The second-order valence-corrected chi connectivity index (χ2v) is 7.25. The molecule has 130 valence electrons. The summed E-state index contributed by atoms with van der Waals surface area (Å²) in [5.41, 5.74) is 0.960. The molecular weight excluding hydrogens is 342 g/mol. The van der Waals surface area contributed by atoms with Gasteiger partial charge in [-0.15, -0.1) is 10.2 Å². The van der Waals surface area contributed by atoms with Crippen molar-refractivity contribution in [1.29, 1.82) is 0 Å². The van der Waals surface area contributed by atoms with Gasteiger partial charge in [-0.25, -0.2) is 8.42 Å². The van der Waals surface area contributed by atoms with E-state index in [0.717, 1.165) is 5.56 Å². The maximum absolute atomic E-state index is 12.1. The predicted molar refractivity (Wildman–Crippen MR) is 94.1 cm³/mol. The summed E-state index contributed by atoms with van der Waals surface area (Å²) in [7, 11) is -3.50. The van der Waals surface area contributed by atoms with Crippen LogP contribution in [0.5, 0.6) is 0 Å². The minimum Gasteiger partial charge on any atom is -0.360 e. The van der Waals surface area contributed by atoms with Gasteiger partial charge < -0.3 is 9.84 Å². The molecule has 0 bridgehead atoms. The quantitative estimate of drug-likeness (QED) is 0.667. The highest BCUT2D eigenvalue weighted by molar-refractivity contribution is 7.92. The van der Waals surface area contributed by atoms with Gasteiger partial charge in [0, 0.05) is 6.07 Å². The van der Waals surface area contributed by atoms with Gasteiger partial charge in [-0.3, -0.25) is 4.72 Å². The van der Waals surface area contributed by atoms with E-state index in [0.29, 0.717) is 23.8 Å². The minimum absolute atomic E-state index is 0.0308. The zero-order chi connectivity index (χ0) is 17.7. The first kappa shape index (κ1) is 16.9. The molecule has 0 atom stereocenters. The smallest absolute Gasteiger partial charge is 0.234 e. The SMILES string of the molecule is Cc1cc(Nc2ccc(NS(=O)(=O)CCc3ccccc3)nn2)no1. The molecule has 0 saturated carbocycles. The zero-order valence-corrected chi connectivity index (χ0v) is 14.3. The van der Waals surface area contributed by atoms with Crippen molar-refractivity contribution in [3.63, 3.8) is 0 Å². The first-order chi connectivity index (χ1) is 12.0. The van der Waals surface area contributed by atoms with Crippen LogP contribution in [0.2, 0.25) is 0 Å². The topological polar surface area (TPSA) is 110 Å². The summed E-state index contributed by atoms with van der Waals surface area (Å²) < 4.78 is 31.6. The summed E-state index contributed by atoms with van der Waals surface area (Å²) >= 11 is 0. The molecule has 0 spiro atoms. The summed E-state index contributed by atoms with van der Waals surface area (Å²) in [6.07, 6.45) is 0.425. The number of rotatable bonds is 7. The van der Waals surface area contributed by atoms with Crippen LogP contribution in [0.15, 0.2) is 53.1 Å². The summed E-state index contributed by atoms with van der Waals surface area (Å²) in [6.45, 7) is 1.77. The molecule has 2 aromatic heterocycles. The Morgan fingerprint density at radius 2 is 1.72 bits per heavy atom. The van der Waals surface area contributed by atoms with E-state index >= 15 is 0 Å². The lowest BCUT2D eigenvalue weighted by Crippen LogP contribution is -2.19. The molecule has 1 aromatic carbocycles. The minimum atomic E-state index is -3.50. The third-order valence-corrected chi connectivity index (χ3v) is 4.57. The van der Waals surface area contributed by atoms with Crippen molar-refractivity contribution in [3.8, 4) is 0 Å². The highest BCUT2D eigenvalue weighted by atomic mass is 32.2. The van der Waals surface area contributed by atoms with Crippen LogP contribution in [-0.2, 0) is 16.4 Å². The number of benzene rings is 1. The van der Waals surface area contributed by atoms with E-state index in [2.05, 4.69) is 25.4 Å². The molecule has 8 nitrogen and oxygen atoms in total. The lowest BCUT2D eigenvalue weighted by molar-refractivity contribution is 0.400. The van der Waals surface area contributed by atoms with Crippen LogP contribution < -0.4 is 10.0 Å². The molecule has 0 saturated heterocycles. The predicted octanol–water partition coefficient (Wildman–Crippen LogP) is 2.50. The molecule has 2 N–H and O–H groups in total. The van der Waals surface area contributed by atoms with E-state index in [4.69, 9.17) is 4.52 Å². The molecule has 0 aliphatic heterocycles. The average molecular weight is 359 g/mol. The van der Waals surface area contributed by atoms with Gasteiger partial charge in [-0.05, 0) is 31.0 Å². The Kier molecular flexibility index (Phi) is 4.94. The molecule has 3 rings (SSSR count). The zero-order valence-electron chi connectivity index (χ0n) is 13.5. The Balaban J connectivity index is 1.58. The Hall–Kier alpha value is -2.94. The van der Waals surface area contributed by atoms with Crippen LogP contribution >= 0.6 is 0 Å². The van der Waals surface area contributed by atoms with Gasteiger partial charge in [0.25, 0.3) is 0 Å². The molecule has 3 aromatic rings. The monoisotopic (exact) mass is 359 g/mol. The van der Waals surface area contributed by atoms with Crippen LogP contribution in [0.3, 0.4) is 0 Å². The van der Waals surface area contributed by atoms with Crippen LogP contribution in [-0.4, -0.2) is 29.5 Å². The Morgan fingerprint density at radius 3 is 2.36 bits per heavy atom. The van der Waals surface area contributed by atoms with Gasteiger partial charge in [0.15, 0.2) is 17.5 Å². The van der Waals surface area contributed by atoms with E-state index in [-0.39, 0.29) is 11.6 Å². The van der Waals surface area contributed by atoms with Gasteiger partial charge in [0.05, 0.1) is 5.75 Å². The fourth-order valence-electron chi connectivity index (χ4n) is 2.12. The number of hydrogen-bond acceptors (Lipinski definition) is 7. The Labute approximate surface area is 145 Å². The van der Waals surface area contributed by atoms with E-state index in [1.165, 1.54) is 6.07 Å². The van der Waals surface area contributed by atoms with E-state index in [1.807, 2.05) is 30.3 Å². The number of nitrogens with one attached hydrogen (secondary N) is 2. The molecule has 2 heterocycles. The van der Waals surface area contributed by atoms with Gasteiger partial charge in [0.1, 0.15) is 5.76 Å². The molecule has 9 heteroatoms. The normalized spacial score (nSPS) is 11.2. The second kappa shape index (κ2) is 7.31. The lowest BCUT2D eigenvalue weighted by Gasteiger charge is -2.07. The average Bonchev–Trinajstić information content (AvgIpc) is 3.01. The molecular formula is C16H17N5O3S. The standard InChI is InChI=1S/C16H17N5O3S/c1-12-11-16(20-24-12)17-14-7-8-15(19-18-14)21-25(22,23)10-9-13-5-3-2-4-6-13/h2-8,11H,9-10H2,1H3,(H,19,21)(H,17,18,20). The Bertz CT molecular complexity index is 924. The van der Waals surface area contributed by atoms with Crippen LogP contribution in [0.4, 0.5) is 17.5 Å². The van der Waals surface area contributed by atoms with E-state index in [1.54, 1.807) is 19.1 Å². The number of anilines is 3. The number of hydrogen-bond donors (Lipinski definition) is 2. The highest BCUT2D eigenvalue weighted by Gasteiger charge is 2.12. The molecule has 0 amide bonds. The molecule has 25 heavy (non-hydrogen) atoms.